The van der Waals surface area contributed by atoms with Crippen LogP contribution in [-0.2, 0) is 6.42 Å². The van der Waals surface area contributed by atoms with Gasteiger partial charge in [-0.05, 0) is 53.5 Å². The van der Waals surface area contributed by atoms with Crippen molar-refractivity contribution in [2.24, 2.45) is 5.92 Å². The molecule has 0 spiro atoms. The first-order valence-electron chi connectivity index (χ1n) is 8.95. The number of benzene rings is 3. The minimum Gasteiger partial charge on any atom is -0.0622 e. The monoisotopic (exact) mass is 312 g/mol. The third-order valence-electron chi connectivity index (χ3n) is 5.31. The van der Waals surface area contributed by atoms with Crippen LogP contribution in [0.25, 0.3) is 11.1 Å². The van der Waals surface area contributed by atoms with Gasteiger partial charge in [0.25, 0.3) is 0 Å². The minimum atomic E-state index is 0.523. The van der Waals surface area contributed by atoms with Crippen LogP contribution < -0.4 is 0 Å². The average molecular weight is 312 g/mol. The van der Waals surface area contributed by atoms with Gasteiger partial charge in [0.15, 0.2) is 0 Å². The molecule has 0 heteroatoms. The third kappa shape index (κ3) is 2.89. The zero-order valence-corrected chi connectivity index (χ0v) is 14.5. The SMILES string of the molecule is Cc1ccc(-c2cccc(C3C[C@H](C)Cc4ccccc43)c2)cc1. The highest BCUT2D eigenvalue weighted by Gasteiger charge is 2.25. The van der Waals surface area contributed by atoms with E-state index in [0.29, 0.717) is 5.92 Å². The van der Waals surface area contributed by atoms with E-state index in [1.807, 2.05) is 0 Å². The summed E-state index contributed by atoms with van der Waals surface area (Å²) in [5, 5.41) is 0. The first-order chi connectivity index (χ1) is 11.7. The number of hydrogen-bond acceptors (Lipinski definition) is 0. The van der Waals surface area contributed by atoms with Crippen LogP contribution in [0, 0.1) is 12.8 Å². The summed E-state index contributed by atoms with van der Waals surface area (Å²) >= 11 is 0. The predicted molar refractivity (Wildman–Crippen MR) is 102 cm³/mol. The molecular weight excluding hydrogens is 288 g/mol. The second-order valence-electron chi connectivity index (χ2n) is 7.29. The predicted octanol–water partition coefficient (Wildman–Crippen LogP) is 6.38. The van der Waals surface area contributed by atoms with Crippen LogP contribution in [0.5, 0.6) is 0 Å². The molecule has 24 heavy (non-hydrogen) atoms. The van der Waals surface area contributed by atoms with Crippen molar-refractivity contribution in [1.82, 2.24) is 0 Å². The first-order valence-corrected chi connectivity index (χ1v) is 8.95. The molecule has 0 saturated heterocycles. The Morgan fingerprint density at radius 3 is 2.42 bits per heavy atom. The molecule has 3 aromatic rings. The molecule has 0 radical (unpaired) electrons. The smallest absolute Gasteiger partial charge is 0.00949 e. The van der Waals surface area contributed by atoms with Gasteiger partial charge in [-0.15, -0.1) is 0 Å². The molecule has 0 bridgehead atoms. The van der Waals surface area contributed by atoms with E-state index < -0.39 is 0 Å². The summed E-state index contributed by atoms with van der Waals surface area (Å²) in [6, 6.07) is 27.0. The third-order valence-corrected chi connectivity index (χ3v) is 5.31. The Morgan fingerprint density at radius 2 is 1.58 bits per heavy atom. The average Bonchev–Trinajstić information content (AvgIpc) is 2.62. The van der Waals surface area contributed by atoms with Crippen LogP contribution >= 0.6 is 0 Å². The largest absolute Gasteiger partial charge is 0.0622 e. The minimum absolute atomic E-state index is 0.523. The van der Waals surface area contributed by atoms with Crippen molar-refractivity contribution in [3.63, 3.8) is 0 Å². The molecule has 0 nitrogen and oxygen atoms in total. The highest BCUT2D eigenvalue weighted by atomic mass is 14.3. The molecule has 0 N–H and O–H groups in total. The molecule has 1 aliphatic carbocycles. The van der Waals surface area contributed by atoms with Gasteiger partial charge < -0.3 is 0 Å². The van der Waals surface area contributed by atoms with E-state index >= 15 is 0 Å². The van der Waals surface area contributed by atoms with Crippen LogP contribution in [0.3, 0.4) is 0 Å². The second kappa shape index (κ2) is 6.28. The fraction of sp³-hybridized carbons (Fsp3) is 0.250. The number of rotatable bonds is 2. The molecular formula is C24H24. The Labute approximate surface area is 145 Å². The van der Waals surface area contributed by atoms with Crippen LogP contribution in [0.4, 0.5) is 0 Å². The van der Waals surface area contributed by atoms with Gasteiger partial charge in [-0.1, -0.05) is 85.3 Å². The summed E-state index contributed by atoms with van der Waals surface area (Å²) in [5.74, 6) is 1.27. The Hall–Kier alpha value is -2.34. The van der Waals surface area contributed by atoms with E-state index in [4.69, 9.17) is 0 Å². The molecule has 0 aromatic heterocycles. The van der Waals surface area contributed by atoms with Crippen molar-refractivity contribution in [3.05, 3.63) is 95.1 Å². The zero-order chi connectivity index (χ0) is 16.5. The molecule has 0 heterocycles. The molecule has 0 fully saturated rings. The fourth-order valence-corrected chi connectivity index (χ4v) is 4.04. The number of fused-ring (bicyclic) bond motifs is 1. The molecule has 3 aromatic carbocycles. The molecule has 0 saturated carbocycles. The van der Waals surface area contributed by atoms with Crippen molar-refractivity contribution in [3.8, 4) is 11.1 Å². The van der Waals surface area contributed by atoms with Crippen LogP contribution in [0.2, 0.25) is 0 Å². The maximum Gasteiger partial charge on any atom is 0.00949 e. The van der Waals surface area contributed by atoms with Crippen LogP contribution in [0.15, 0.2) is 72.8 Å². The maximum absolute atomic E-state index is 2.39. The lowest BCUT2D eigenvalue weighted by Gasteiger charge is -2.30. The van der Waals surface area contributed by atoms with E-state index in [0.717, 1.165) is 5.92 Å². The van der Waals surface area contributed by atoms with Gasteiger partial charge >= 0.3 is 0 Å². The molecule has 120 valence electrons. The van der Waals surface area contributed by atoms with Gasteiger partial charge in [0.05, 0.1) is 0 Å². The molecule has 1 aliphatic rings. The topological polar surface area (TPSA) is 0 Å². The Morgan fingerprint density at radius 1 is 0.792 bits per heavy atom. The summed E-state index contributed by atoms with van der Waals surface area (Å²) in [4.78, 5) is 0. The van der Waals surface area contributed by atoms with Gasteiger partial charge in [0, 0.05) is 5.92 Å². The van der Waals surface area contributed by atoms with Crippen LogP contribution in [-0.4, -0.2) is 0 Å². The lowest BCUT2D eigenvalue weighted by Crippen LogP contribution is -2.17. The van der Waals surface area contributed by atoms with Gasteiger partial charge in [0.1, 0.15) is 0 Å². The summed E-state index contributed by atoms with van der Waals surface area (Å²) in [5.41, 5.74) is 8.44. The van der Waals surface area contributed by atoms with Gasteiger partial charge in [-0.2, -0.15) is 0 Å². The molecule has 0 amide bonds. The molecule has 0 aliphatic heterocycles. The van der Waals surface area contributed by atoms with Crippen molar-refractivity contribution >= 4 is 0 Å². The Kier molecular flexibility index (Phi) is 3.98. The van der Waals surface area contributed by atoms with E-state index in [2.05, 4.69) is 86.6 Å². The van der Waals surface area contributed by atoms with Crippen molar-refractivity contribution in [2.75, 3.05) is 0 Å². The highest BCUT2D eigenvalue weighted by molar-refractivity contribution is 5.65. The molecule has 2 atom stereocenters. The Balaban J connectivity index is 1.75. The van der Waals surface area contributed by atoms with Gasteiger partial charge in [0.2, 0.25) is 0 Å². The van der Waals surface area contributed by atoms with Gasteiger partial charge in [-0.25, -0.2) is 0 Å². The van der Waals surface area contributed by atoms with Crippen LogP contribution in [0.1, 0.15) is 41.5 Å². The second-order valence-corrected chi connectivity index (χ2v) is 7.29. The zero-order valence-electron chi connectivity index (χ0n) is 14.5. The van der Waals surface area contributed by atoms with E-state index in [1.54, 1.807) is 0 Å². The summed E-state index contributed by atoms with van der Waals surface area (Å²) in [6.07, 6.45) is 2.46. The van der Waals surface area contributed by atoms with Crippen molar-refractivity contribution in [1.29, 1.82) is 0 Å². The van der Waals surface area contributed by atoms with E-state index in [1.165, 1.54) is 46.2 Å². The van der Waals surface area contributed by atoms with E-state index in [-0.39, 0.29) is 0 Å². The quantitative estimate of drug-likeness (QED) is 0.515. The highest BCUT2D eigenvalue weighted by Crippen LogP contribution is 2.40. The first kappa shape index (κ1) is 15.2. The normalized spacial score (nSPS) is 19.8. The molecule has 4 rings (SSSR count). The maximum atomic E-state index is 2.39. The molecule has 1 unspecified atom stereocenters. The lowest BCUT2D eigenvalue weighted by atomic mass is 9.74. The summed E-state index contributed by atoms with van der Waals surface area (Å²) < 4.78 is 0. The number of hydrogen-bond donors (Lipinski definition) is 0. The van der Waals surface area contributed by atoms with Crippen molar-refractivity contribution < 1.29 is 0 Å². The van der Waals surface area contributed by atoms with Gasteiger partial charge in [-0.3, -0.25) is 0 Å². The fourth-order valence-electron chi connectivity index (χ4n) is 4.04. The lowest BCUT2D eigenvalue weighted by molar-refractivity contribution is 0.464. The van der Waals surface area contributed by atoms with Crippen molar-refractivity contribution in [2.45, 2.75) is 32.6 Å². The number of aryl methyl sites for hydroxylation is 1. The summed E-state index contributed by atoms with van der Waals surface area (Å²) in [6.45, 7) is 4.52. The van der Waals surface area contributed by atoms with E-state index in [9.17, 15) is 0 Å². The standard InChI is InChI=1S/C24H24/c1-17-10-12-19(13-11-17)20-7-5-8-22(16-20)24-15-18(2)14-21-6-3-4-9-23(21)24/h3-13,16,18,24H,14-15H2,1-2H3/t18-,24?/m1/s1. The summed E-state index contributed by atoms with van der Waals surface area (Å²) in [7, 11) is 0. The Bertz CT molecular complexity index is 842.